The van der Waals surface area contributed by atoms with E-state index in [4.69, 9.17) is 0 Å². The van der Waals surface area contributed by atoms with Crippen LogP contribution in [0.1, 0.15) is 79.0 Å². The van der Waals surface area contributed by atoms with Crippen LogP contribution in [-0.2, 0) is 16.2 Å². The second-order valence-electron chi connectivity index (χ2n) is 14.4. The Morgan fingerprint density at radius 3 is 1.00 bits per heavy atom. The standard InChI is InChI=1S/C33H52N2Si3/c1-31(2,3)25-13-19-28(20-14-25)36(10)34-38(12,30-23-17-27(18-24-30)33(7,8)9)35-37(11)29-21-15-26(16-22-29)32(4,5)6/h13-24,34-37H,1-12H3. The highest BCUT2D eigenvalue weighted by Gasteiger charge is 2.35. The molecule has 0 radical (unpaired) electrons. The number of nitrogens with one attached hydrogen (secondary N) is 2. The van der Waals surface area contributed by atoms with Crippen molar-refractivity contribution in [2.45, 2.75) is 98.2 Å². The van der Waals surface area contributed by atoms with Crippen molar-refractivity contribution < 1.29 is 0 Å². The lowest BCUT2D eigenvalue weighted by Crippen LogP contribution is -2.76. The first-order chi connectivity index (χ1) is 17.4. The maximum absolute atomic E-state index is 4.28. The van der Waals surface area contributed by atoms with Crippen LogP contribution in [0.15, 0.2) is 72.8 Å². The Bertz CT molecular complexity index is 1110. The van der Waals surface area contributed by atoms with E-state index in [1.165, 1.54) is 32.3 Å². The van der Waals surface area contributed by atoms with E-state index in [1.807, 2.05) is 0 Å². The van der Waals surface area contributed by atoms with Gasteiger partial charge in [0.05, 0.1) is 0 Å². The molecule has 3 aromatic carbocycles. The fourth-order valence-electron chi connectivity index (χ4n) is 5.09. The molecule has 206 valence electrons. The lowest BCUT2D eigenvalue weighted by atomic mass is 9.87. The Balaban J connectivity index is 1.93. The highest BCUT2D eigenvalue weighted by molar-refractivity contribution is 7.00. The molecule has 2 atom stereocenters. The lowest BCUT2D eigenvalue weighted by molar-refractivity contribution is 0.590. The van der Waals surface area contributed by atoms with Crippen molar-refractivity contribution in [3.8, 4) is 0 Å². The van der Waals surface area contributed by atoms with Gasteiger partial charge >= 0.3 is 0 Å². The van der Waals surface area contributed by atoms with E-state index in [9.17, 15) is 0 Å². The van der Waals surface area contributed by atoms with Crippen LogP contribution in [0.3, 0.4) is 0 Å². The summed E-state index contributed by atoms with van der Waals surface area (Å²) in [6.07, 6.45) is 0. The van der Waals surface area contributed by atoms with Crippen molar-refractivity contribution in [1.29, 1.82) is 0 Å². The Kier molecular flexibility index (Phi) is 9.21. The number of hydrogen-bond acceptors (Lipinski definition) is 2. The molecule has 3 aromatic rings. The van der Waals surface area contributed by atoms with Crippen LogP contribution >= 0.6 is 0 Å². The molecule has 0 spiro atoms. The molecule has 0 saturated heterocycles. The van der Waals surface area contributed by atoms with E-state index in [0.29, 0.717) is 0 Å². The van der Waals surface area contributed by atoms with Crippen LogP contribution in [0.4, 0.5) is 0 Å². The van der Waals surface area contributed by atoms with Crippen molar-refractivity contribution in [2.24, 2.45) is 0 Å². The van der Waals surface area contributed by atoms with Crippen molar-refractivity contribution in [3.63, 3.8) is 0 Å². The maximum Gasteiger partial charge on any atom is 0.218 e. The van der Waals surface area contributed by atoms with E-state index in [2.05, 4.69) is 164 Å². The molecule has 0 amide bonds. The van der Waals surface area contributed by atoms with E-state index < -0.39 is 26.3 Å². The summed E-state index contributed by atoms with van der Waals surface area (Å²) in [6, 6.07) is 28.3. The monoisotopic (exact) mass is 560 g/mol. The first kappa shape index (κ1) is 30.8. The normalized spacial score (nSPS) is 16.1. The molecule has 0 aliphatic heterocycles. The van der Waals surface area contributed by atoms with Crippen LogP contribution < -0.4 is 24.9 Å². The van der Waals surface area contributed by atoms with E-state index in [-0.39, 0.29) is 16.2 Å². The van der Waals surface area contributed by atoms with Gasteiger partial charge in [-0.1, -0.05) is 148 Å². The third-order valence-corrected chi connectivity index (χ3v) is 20.2. The molecule has 2 unspecified atom stereocenters. The minimum absolute atomic E-state index is 0.158. The summed E-state index contributed by atoms with van der Waals surface area (Å²) in [4.78, 5) is 0. The van der Waals surface area contributed by atoms with Crippen molar-refractivity contribution in [3.05, 3.63) is 89.5 Å². The Morgan fingerprint density at radius 1 is 0.474 bits per heavy atom. The summed E-state index contributed by atoms with van der Waals surface area (Å²) in [7, 11) is -4.95. The largest absolute Gasteiger partial charge is 0.343 e. The molecular formula is C33H52N2Si3. The average Bonchev–Trinajstić information content (AvgIpc) is 2.82. The number of benzene rings is 3. The van der Waals surface area contributed by atoms with Crippen LogP contribution in [0.25, 0.3) is 0 Å². The highest BCUT2D eigenvalue weighted by atomic mass is 28.4. The second kappa shape index (κ2) is 11.4. The zero-order chi connectivity index (χ0) is 28.5. The zero-order valence-electron chi connectivity index (χ0n) is 26.1. The highest BCUT2D eigenvalue weighted by Crippen LogP contribution is 2.23. The molecule has 0 aromatic heterocycles. The molecule has 0 aliphatic carbocycles. The van der Waals surface area contributed by atoms with Gasteiger partial charge in [-0.3, -0.25) is 0 Å². The second-order valence-corrected chi connectivity index (χ2v) is 23.8. The molecule has 38 heavy (non-hydrogen) atoms. The Hall–Kier alpha value is -1.77. The van der Waals surface area contributed by atoms with Gasteiger partial charge in [-0.05, 0) is 55.0 Å². The van der Waals surface area contributed by atoms with Gasteiger partial charge in [0.2, 0.25) is 8.40 Å². The molecule has 0 saturated carbocycles. The third-order valence-electron chi connectivity index (χ3n) is 7.89. The van der Waals surface area contributed by atoms with Crippen molar-refractivity contribution in [2.75, 3.05) is 0 Å². The first-order valence-electron chi connectivity index (χ1n) is 14.3. The fourth-order valence-corrected chi connectivity index (χ4v) is 18.1. The van der Waals surface area contributed by atoms with Crippen LogP contribution in [0.2, 0.25) is 19.6 Å². The molecule has 0 bridgehead atoms. The SMILES string of the molecule is C[SiH](N[Si](C)(N[SiH](C)c1ccc(C(C)(C)C)cc1)c1ccc(C(C)(C)C)cc1)c1ccc(C(C)(C)C)cc1. The van der Waals surface area contributed by atoms with Crippen molar-refractivity contribution >= 4 is 41.9 Å². The smallest absolute Gasteiger partial charge is 0.218 e. The van der Waals surface area contributed by atoms with Crippen LogP contribution in [0.5, 0.6) is 0 Å². The van der Waals surface area contributed by atoms with Gasteiger partial charge in [-0.15, -0.1) is 0 Å². The number of rotatable bonds is 7. The molecule has 5 heteroatoms. The van der Waals surface area contributed by atoms with Crippen LogP contribution in [0, 0.1) is 0 Å². The summed E-state index contributed by atoms with van der Waals surface area (Å²) in [6.45, 7) is 28.0. The van der Waals surface area contributed by atoms with Gasteiger partial charge in [-0.2, -0.15) is 0 Å². The molecule has 3 rings (SSSR count). The van der Waals surface area contributed by atoms with Crippen LogP contribution in [-0.4, -0.2) is 26.3 Å². The minimum Gasteiger partial charge on any atom is -0.343 e. The van der Waals surface area contributed by atoms with E-state index in [0.717, 1.165) is 0 Å². The Morgan fingerprint density at radius 2 is 0.737 bits per heavy atom. The van der Waals surface area contributed by atoms with Gasteiger partial charge in [0, 0.05) is 0 Å². The lowest BCUT2D eigenvalue weighted by Gasteiger charge is -2.36. The molecule has 0 aliphatic rings. The third kappa shape index (κ3) is 7.66. The quantitative estimate of drug-likeness (QED) is 0.370. The van der Waals surface area contributed by atoms with Gasteiger partial charge in [-0.25, -0.2) is 0 Å². The molecular weight excluding hydrogens is 509 g/mol. The first-order valence-corrected chi connectivity index (χ1v) is 21.4. The van der Waals surface area contributed by atoms with E-state index >= 15 is 0 Å². The van der Waals surface area contributed by atoms with Gasteiger partial charge in [0.25, 0.3) is 0 Å². The predicted molar refractivity (Wildman–Crippen MR) is 178 cm³/mol. The summed E-state index contributed by atoms with van der Waals surface area (Å²) < 4.78 is 8.56. The topological polar surface area (TPSA) is 24.1 Å². The predicted octanol–water partition coefficient (Wildman–Crippen LogP) is 5.56. The molecule has 0 fully saturated rings. The summed E-state index contributed by atoms with van der Waals surface area (Å²) in [5, 5.41) is 4.41. The minimum atomic E-state index is -2.18. The molecule has 2 N–H and O–H groups in total. The Labute approximate surface area is 238 Å². The van der Waals surface area contributed by atoms with Gasteiger partial charge in [0.1, 0.15) is 17.9 Å². The maximum atomic E-state index is 4.28. The summed E-state index contributed by atoms with van der Waals surface area (Å²) >= 11 is 0. The van der Waals surface area contributed by atoms with Gasteiger partial charge < -0.3 is 9.30 Å². The average molecular weight is 561 g/mol. The molecule has 2 nitrogen and oxygen atoms in total. The molecule has 0 heterocycles. The summed E-state index contributed by atoms with van der Waals surface area (Å²) in [5.74, 6) is 0. The summed E-state index contributed by atoms with van der Waals surface area (Å²) in [5.41, 5.74) is 4.71. The fraction of sp³-hybridized carbons (Fsp3) is 0.455. The number of hydrogen-bond donors (Lipinski definition) is 2. The van der Waals surface area contributed by atoms with Crippen molar-refractivity contribution in [1.82, 2.24) is 9.30 Å². The zero-order valence-corrected chi connectivity index (χ0v) is 29.4. The van der Waals surface area contributed by atoms with E-state index in [1.54, 1.807) is 0 Å². The van der Waals surface area contributed by atoms with Gasteiger partial charge in [0.15, 0.2) is 0 Å².